The van der Waals surface area contributed by atoms with E-state index in [4.69, 9.17) is 0 Å². The molecule has 0 aromatic rings. The SMILES string of the molecule is CS(C)(I)C1CCCCCCC1. The van der Waals surface area contributed by atoms with E-state index in [0.717, 1.165) is 5.25 Å². The summed E-state index contributed by atoms with van der Waals surface area (Å²) in [7, 11) is -0.295. The summed E-state index contributed by atoms with van der Waals surface area (Å²) in [5.41, 5.74) is 0. The van der Waals surface area contributed by atoms with E-state index in [9.17, 15) is 0 Å². The molecule has 12 heavy (non-hydrogen) atoms. The van der Waals surface area contributed by atoms with Crippen molar-refractivity contribution in [2.75, 3.05) is 12.5 Å². The molecule has 0 aromatic carbocycles. The molecule has 0 aromatic heterocycles. The first kappa shape index (κ1) is 11.2. The molecule has 1 fully saturated rings. The van der Waals surface area contributed by atoms with Crippen molar-refractivity contribution in [2.45, 2.75) is 50.2 Å². The Labute approximate surface area is 90.8 Å². The average Bonchev–Trinajstić information content (AvgIpc) is 1.81. The molecule has 1 aliphatic rings. The summed E-state index contributed by atoms with van der Waals surface area (Å²) >= 11 is 2.71. The van der Waals surface area contributed by atoms with Crippen LogP contribution in [0, 0.1) is 0 Å². The Morgan fingerprint density at radius 3 is 1.75 bits per heavy atom. The predicted molar refractivity (Wildman–Crippen MR) is 69.6 cm³/mol. The lowest BCUT2D eigenvalue weighted by atomic mass is 10.0. The standard InChI is InChI=1S/C10H21IS/c1-12(2,11)10-8-6-4-3-5-7-9-10/h10H,3-9H2,1-2H3. The first-order valence-electron chi connectivity index (χ1n) is 5.02. The lowest BCUT2D eigenvalue weighted by Gasteiger charge is -2.35. The predicted octanol–water partition coefficient (Wildman–Crippen LogP) is 4.51. The number of hydrogen-bond acceptors (Lipinski definition) is 0. The Morgan fingerprint density at radius 2 is 1.33 bits per heavy atom. The average molecular weight is 300 g/mol. The van der Waals surface area contributed by atoms with Gasteiger partial charge in [-0.1, -0.05) is 32.1 Å². The highest BCUT2D eigenvalue weighted by atomic mass is 127. The highest BCUT2D eigenvalue weighted by Crippen LogP contribution is 2.57. The molecule has 0 N–H and O–H groups in total. The van der Waals surface area contributed by atoms with E-state index in [1.165, 1.54) is 44.9 Å². The summed E-state index contributed by atoms with van der Waals surface area (Å²) in [4.78, 5) is 0. The third-order valence-corrected chi connectivity index (χ3v) is 7.06. The van der Waals surface area contributed by atoms with Gasteiger partial charge in [0.05, 0.1) is 0 Å². The van der Waals surface area contributed by atoms with E-state index in [-0.39, 0.29) is 7.20 Å². The summed E-state index contributed by atoms with van der Waals surface area (Å²) in [6, 6.07) is 0. The third-order valence-electron chi connectivity index (χ3n) is 2.84. The second kappa shape index (κ2) is 5.08. The topological polar surface area (TPSA) is 0 Å². The summed E-state index contributed by atoms with van der Waals surface area (Å²) in [5, 5.41) is 1.05. The molecule has 2 heteroatoms. The quantitative estimate of drug-likeness (QED) is 0.625. The van der Waals surface area contributed by atoms with Crippen molar-refractivity contribution in [3.63, 3.8) is 0 Å². The highest BCUT2D eigenvalue weighted by Gasteiger charge is 2.21. The van der Waals surface area contributed by atoms with E-state index < -0.39 is 0 Å². The van der Waals surface area contributed by atoms with Crippen LogP contribution in [-0.2, 0) is 0 Å². The van der Waals surface area contributed by atoms with Gasteiger partial charge in [-0.3, -0.25) is 0 Å². The minimum absolute atomic E-state index is 0.295. The second-order valence-corrected chi connectivity index (χ2v) is 14.3. The van der Waals surface area contributed by atoms with Crippen LogP contribution in [0.2, 0.25) is 0 Å². The molecule has 0 spiro atoms. The van der Waals surface area contributed by atoms with E-state index in [0.29, 0.717) is 0 Å². The maximum Gasteiger partial charge on any atom is -0.00340 e. The number of rotatable bonds is 1. The fraction of sp³-hybridized carbons (Fsp3) is 1.00. The van der Waals surface area contributed by atoms with Crippen molar-refractivity contribution in [2.24, 2.45) is 0 Å². The molecule has 0 heterocycles. The van der Waals surface area contributed by atoms with Gasteiger partial charge in [0.25, 0.3) is 0 Å². The summed E-state index contributed by atoms with van der Waals surface area (Å²) < 4.78 is 0. The lowest BCUT2D eigenvalue weighted by molar-refractivity contribution is 0.512. The molecule has 0 nitrogen and oxygen atoms in total. The molecular formula is C10H21IS. The molecule has 1 saturated carbocycles. The van der Waals surface area contributed by atoms with Crippen LogP contribution in [0.3, 0.4) is 0 Å². The van der Waals surface area contributed by atoms with Crippen molar-refractivity contribution < 1.29 is 0 Å². The Morgan fingerprint density at radius 1 is 0.917 bits per heavy atom. The van der Waals surface area contributed by atoms with E-state index >= 15 is 0 Å². The maximum absolute atomic E-state index is 2.71. The van der Waals surface area contributed by atoms with Gasteiger partial charge in [-0.15, -0.1) is 0 Å². The van der Waals surface area contributed by atoms with Gasteiger partial charge in [-0.2, -0.15) is 7.20 Å². The molecule has 1 rings (SSSR count). The first-order chi connectivity index (χ1) is 5.61. The summed E-state index contributed by atoms with van der Waals surface area (Å²) in [5.74, 6) is 0. The Kier molecular flexibility index (Phi) is 4.73. The van der Waals surface area contributed by atoms with Crippen molar-refractivity contribution in [1.82, 2.24) is 0 Å². The van der Waals surface area contributed by atoms with Crippen LogP contribution in [0.1, 0.15) is 44.9 Å². The van der Waals surface area contributed by atoms with Gasteiger partial charge in [0.15, 0.2) is 0 Å². The normalized spacial score (nSPS) is 24.6. The molecule has 0 aliphatic heterocycles. The molecule has 0 saturated heterocycles. The molecule has 1 aliphatic carbocycles. The monoisotopic (exact) mass is 300 g/mol. The third kappa shape index (κ3) is 3.86. The van der Waals surface area contributed by atoms with Crippen LogP contribution in [0.15, 0.2) is 0 Å². The van der Waals surface area contributed by atoms with Gasteiger partial charge in [-0.05, 0) is 51.8 Å². The molecular weight excluding hydrogens is 279 g/mol. The summed E-state index contributed by atoms with van der Waals surface area (Å²) in [6.07, 6.45) is 15.4. The van der Waals surface area contributed by atoms with Crippen molar-refractivity contribution in [3.8, 4) is 0 Å². The molecule has 0 radical (unpaired) electrons. The van der Waals surface area contributed by atoms with Gasteiger partial charge in [-0.25, -0.2) is 0 Å². The largest absolute Gasteiger partial charge is 0.190 e. The van der Waals surface area contributed by atoms with Gasteiger partial charge in [0, 0.05) is 0 Å². The van der Waals surface area contributed by atoms with Crippen LogP contribution in [0.4, 0.5) is 0 Å². The van der Waals surface area contributed by atoms with Crippen LogP contribution < -0.4 is 0 Å². The smallest absolute Gasteiger partial charge is 0.00340 e. The van der Waals surface area contributed by atoms with Crippen molar-refractivity contribution in [3.05, 3.63) is 0 Å². The summed E-state index contributed by atoms with van der Waals surface area (Å²) in [6.45, 7) is 0. The van der Waals surface area contributed by atoms with Crippen LogP contribution in [0.25, 0.3) is 0 Å². The van der Waals surface area contributed by atoms with Gasteiger partial charge in [0.2, 0.25) is 0 Å². The van der Waals surface area contributed by atoms with Gasteiger partial charge >= 0.3 is 0 Å². The van der Waals surface area contributed by atoms with E-state index in [1.54, 1.807) is 0 Å². The fourth-order valence-electron chi connectivity index (χ4n) is 1.98. The van der Waals surface area contributed by atoms with Crippen LogP contribution >= 0.6 is 28.4 Å². The molecule has 0 amide bonds. The second-order valence-electron chi connectivity index (χ2n) is 4.24. The minimum atomic E-state index is -0.295. The van der Waals surface area contributed by atoms with E-state index in [1.807, 2.05) is 0 Å². The molecule has 0 bridgehead atoms. The number of halogens is 1. The molecule has 0 unspecified atom stereocenters. The molecule has 0 atom stereocenters. The van der Waals surface area contributed by atoms with Crippen molar-refractivity contribution in [1.29, 1.82) is 0 Å². The minimum Gasteiger partial charge on any atom is -0.190 e. The Balaban J connectivity index is 2.40. The zero-order chi connectivity index (χ0) is 9.03. The van der Waals surface area contributed by atoms with Crippen LogP contribution in [-0.4, -0.2) is 17.8 Å². The first-order valence-corrected chi connectivity index (χ1v) is 10.1. The maximum atomic E-state index is 2.71. The number of hydrogen-bond donors (Lipinski definition) is 0. The fourth-order valence-corrected chi connectivity index (χ4v) is 4.96. The lowest BCUT2D eigenvalue weighted by Crippen LogP contribution is -2.13. The van der Waals surface area contributed by atoms with Gasteiger partial charge < -0.3 is 0 Å². The van der Waals surface area contributed by atoms with Crippen LogP contribution in [0.5, 0.6) is 0 Å². The zero-order valence-corrected chi connectivity index (χ0v) is 11.3. The zero-order valence-electron chi connectivity index (χ0n) is 8.31. The van der Waals surface area contributed by atoms with Gasteiger partial charge in [0.1, 0.15) is 0 Å². The van der Waals surface area contributed by atoms with E-state index in [2.05, 4.69) is 33.7 Å². The Bertz CT molecular complexity index is 120. The van der Waals surface area contributed by atoms with Crippen molar-refractivity contribution >= 4 is 28.4 Å². The molecule has 74 valence electrons. The Hall–Kier alpha value is 1.08. The highest BCUT2D eigenvalue weighted by molar-refractivity contribution is 14.2.